The predicted octanol–water partition coefficient (Wildman–Crippen LogP) is 4.80. The van der Waals surface area contributed by atoms with Crippen LogP contribution in [0.2, 0.25) is 0 Å². The Morgan fingerprint density at radius 2 is 1.25 bits per heavy atom. The van der Waals surface area contributed by atoms with Crippen LogP contribution in [0.25, 0.3) is 21.8 Å². The number of carbonyl (C=O) groups excluding carboxylic acids is 2. The molecule has 2 amide bonds. The highest BCUT2D eigenvalue weighted by molar-refractivity contribution is 6.02. The van der Waals surface area contributed by atoms with Gasteiger partial charge in [-0.3, -0.25) is 9.59 Å². The number of rotatable bonds is 3. The van der Waals surface area contributed by atoms with Crippen molar-refractivity contribution < 1.29 is 29.4 Å². The maximum Gasteiger partial charge on any atom is 0.335 e. The summed E-state index contributed by atoms with van der Waals surface area (Å²) in [5.74, 6) is -2.02. The third kappa shape index (κ3) is 4.20. The monoisotopic (exact) mass is 544 g/mol. The smallest absolute Gasteiger partial charge is 0.335 e. The first-order valence-electron chi connectivity index (χ1n) is 13.3. The largest absolute Gasteiger partial charge is 0.478 e. The average molecular weight is 545 g/mol. The molecule has 10 heteroatoms. The van der Waals surface area contributed by atoms with Gasteiger partial charge in [-0.05, 0) is 71.0 Å². The summed E-state index contributed by atoms with van der Waals surface area (Å²) < 4.78 is 3.90. The van der Waals surface area contributed by atoms with Crippen molar-refractivity contribution in [3.63, 3.8) is 0 Å². The highest BCUT2D eigenvalue weighted by Crippen LogP contribution is 2.34. The molecule has 0 saturated carbocycles. The number of amides is 2. The van der Waals surface area contributed by atoms with Crippen LogP contribution in [0.3, 0.4) is 0 Å². The van der Waals surface area contributed by atoms with Crippen molar-refractivity contribution in [1.82, 2.24) is 19.4 Å². The zero-order valence-corrected chi connectivity index (χ0v) is 23.0. The highest BCUT2D eigenvalue weighted by atomic mass is 16.4. The number of aromatic carboxylic acids is 2. The molecule has 2 aliphatic heterocycles. The molecule has 4 atom stereocenters. The van der Waals surface area contributed by atoms with E-state index in [1.807, 2.05) is 47.8 Å². The zero-order valence-electron chi connectivity index (χ0n) is 23.0. The molecule has 6 rings (SSSR count). The standard InChI is InChI=1S/C16H18N2O3.C14H14N2O3/c1-4-17-9(2)10(3)18-13-8-12(16(20)21)6-5-11(13)7-14(18)15(17)19;1-7-8(2)16-11-6-10(14(18)19)4-3-9(11)5-12(16)13(17)15-7/h5-10H,4H2,1-3H3,(H,20,21);3-8H,1-2H3,(H,15,17)(H,18,19)/t9-,10+;7-,8+/m00/s1. The first-order valence-corrected chi connectivity index (χ1v) is 13.3. The van der Waals surface area contributed by atoms with Gasteiger partial charge in [0.1, 0.15) is 11.4 Å². The van der Waals surface area contributed by atoms with Gasteiger partial charge in [-0.1, -0.05) is 12.1 Å². The van der Waals surface area contributed by atoms with Crippen molar-refractivity contribution in [2.45, 2.75) is 58.8 Å². The molecule has 0 spiro atoms. The van der Waals surface area contributed by atoms with Crippen molar-refractivity contribution in [2.75, 3.05) is 6.54 Å². The second-order valence-corrected chi connectivity index (χ2v) is 10.5. The van der Waals surface area contributed by atoms with Gasteiger partial charge in [0.15, 0.2) is 0 Å². The van der Waals surface area contributed by atoms with Crippen molar-refractivity contribution in [1.29, 1.82) is 0 Å². The minimum atomic E-state index is -0.960. The highest BCUT2D eigenvalue weighted by Gasteiger charge is 2.35. The Morgan fingerprint density at radius 3 is 1.75 bits per heavy atom. The molecule has 3 N–H and O–H groups in total. The minimum absolute atomic E-state index is 0.0103. The van der Waals surface area contributed by atoms with Gasteiger partial charge < -0.3 is 29.6 Å². The number of carbonyl (C=O) groups is 4. The van der Waals surface area contributed by atoms with E-state index in [-0.39, 0.29) is 47.1 Å². The topological polar surface area (TPSA) is 134 Å². The van der Waals surface area contributed by atoms with E-state index in [1.165, 1.54) is 0 Å². The molecule has 0 aliphatic carbocycles. The fourth-order valence-corrected chi connectivity index (χ4v) is 5.79. The Hall–Kier alpha value is -4.60. The summed E-state index contributed by atoms with van der Waals surface area (Å²) in [4.78, 5) is 48.6. The number of nitrogens with zero attached hydrogens (tertiary/aromatic N) is 3. The number of nitrogens with one attached hydrogen (secondary N) is 1. The van der Waals surface area contributed by atoms with Gasteiger partial charge in [-0.25, -0.2) is 9.59 Å². The Labute approximate surface area is 230 Å². The van der Waals surface area contributed by atoms with Crippen LogP contribution in [-0.2, 0) is 0 Å². The Morgan fingerprint density at radius 1 is 0.750 bits per heavy atom. The van der Waals surface area contributed by atoms with Crippen molar-refractivity contribution in [3.8, 4) is 0 Å². The molecule has 2 aliphatic rings. The van der Waals surface area contributed by atoms with Gasteiger partial charge in [0, 0.05) is 40.4 Å². The molecule has 0 fully saturated rings. The molecule has 0 bridgehead atoms. The van der Waals surface area contributed by atoms with Gasteiger partial charge in [0.25, 0.3) is 11.8 Å². The van der Waals surface area contributed by atoms with Gasteiger partial charge in [0.2, 0.25) is 0 Å². The lowest BCUT2D eigenvalue weighted by Crippen LogP contribution is -2.48. The fourth-order valence-electron chi connectivity index (χ4n) is 5.79. The third-order valence-electron chi connectivity index (χ3n) is 8.32. The van der Waals surface area contributed by atoms with E-state index in [2.05, 4.69) is 12.2 Å². The van der Waals surface area contributed by atoms with E-state index in [9.17, 15) is 19.2 Å². The predicted molar refractivity (Wildman–Crippen MR) is 150 cm³/mol. The molecule has 0 radical (unpaired) electrons. The van der Waals surface area contributed by atoms with Gasteiger partial charge in [-0.2, -0.15) is 0 Å². The molecule has 2 aromatic heterocycles. The van der Waals surface area contributed by atoms with Crippen LogP contribution in [0.4, 0.5) is 0 Å². The lowest BCUT2D eigenvalue weighted by molar-refractivity contribution is 0.0582. The molecule has 4 aromatic rings. The summed E-state index contributed by atoms with van der Waals surface area (Å²) in [6.45, 7) is 10.7. The second kappa shape index (κ2) is 9.86. The first kappa shape index (κ1) is 27.0. The number of benzene rings is 2. The van der Waals surface area contributed by atoms with Crippen LogP contribution in [0, 0.1) is 0 Å². The minimum Gasteiger partial charge on any atom is -0.478 e. The van der Waals surface area contributed by atoms with Crippen LogP contribution in [0.1, 0.15) is 88.4 Å². The Kier molecular flexibility index (Phi) is 6.65. The molecule has 10 nitrogen and oxygen atoms in total. The van der Waals surface area contributed by atoms with Crippen LogP contribution in [-0.4, -0.2) is 66.6 Å². The quantitative estimate of drug-likeness (QED) is 0.339. The number of fused-ring (bicyclic) bond motifs is 6. The fraction of sp³-hybridized carbons (Fsp3) is 0.333. The van der Waals surface area contributed by atoms with E-state index in [0.29, 0.717) is 17.9 Å². The molecule has 2 aromatic carbocycles. The molecule has 0 unspecified atom stereocenters. The van der Waals surface area contributed by atoms with Gasteiger partial charge >= 0.3 is 11.9 Å². The number of aromatic nitrogens is 2. The molecular formula is C30H32N4O6. The summed E-state index contributed by atoms with van der Waals surface area (Å²) in [5, 5.41) is 22.9. The summed E-state index contributed by atoms with van der Waals surface area (Å²) in [7, 11) is 0. The van der Waals surface area contributed by atoms with E-state index in [1.54, 1.807) is 42.5 Å². The zero-order chi connectivity index (χ0) is 29.0. The second-order valence-electron chi connectivity index (χ2n) is 10.5. The van der Waals surface area contributed by atoms with E-state index >= 15 is 0 Å². The van der Waals surface area contributed by atoms with Crippen LogP contribution >= 0.6 is 0 Å². The molecule has 40 heavy (non-hydrogen) atoms. The van der Waals surface area contributed by atoms with Crippen LogP contribution < -0.4 is 5.32 Å². The number of carboxylic acids is 2. The SMILES string of the molecule is CCN1C(=O)c2cc3ccc(C(=O)O)cc3n2[C@H](C)[C@@H]1C.C[C@@H]1NC(=O)c2cc3ccc(C(=O)O)cc3n2[C@@H]1C. The third-order valence-corrected chi connectivity index (χ3v) is 8.32. The lowest BCUT2D eigenvalue weighted by Gasteiger charge is -2.39. The maximum atomic E-state index is 12.6. The summed E-state index contributed by atoms with van der Waals surface area (Å²) in [6, 6.07) is 13.9. The van der Waals surface area contributed by atoms with Crippen molar-refractivity contribution in [2.24, 2.45) is 0 Å². The normalized spacial score (nSPS) is 21.9. The summed E-state index contributed by atoms with van der Waals surface area (Å²) >= 11 is 0. The summed E-state index contributed by atoms with van der Waals surface area (Å²) in [5.41, 5.74) is 3.31. The van der Waals surface area contributed by atoms with Crippen molar-refractivity contribution >= 4 is 45.6 Å². The van der Waals surface area contributed by atoms with E-state index in [4.69, 9.17) is 10.2 Å². The number of hydrogen-bond acceptors (Lipinski definition) is 4. The maximum absolute atomic E-state index is 12.6. The number of hydrogen-bond donors (Lipinski definition) is 3. The molecule has 4 heterocycles. The first-order chi connectivity index (χ1) is 18.9. The Balaban J connectivity index is 0.000000162. The number of likely N-dealkylation sites (N-methyl/N-ethyl adjacent to an activating group) is 1. The molecule has 208 valence electrons. The summed E-state index contributed by atoms with van der Waals surface area (Å²) in [6.07, 6.45) is 0. The average Bonchev–Trinajstić information content (AvgIpc) is 3.50. The van der Waals surface area contributed by atoms with E-state index in [0.717, 1.165) is 21.8 Å². The van der Waals surface area contributed by atoms with Crippen LogP contribution in [0.15, 0.2) is 48.5 Å². The molecular weight excluding hydrogens is 512 g/mol. The van der Waals surface area contributed by atoms with Gasteiger partial charge in [-0.15, -0.1) is 0 Å². The van der Waals surface area contributed by atoms with Crippen LogP contribution in [0.5, 0.6) is 0 Å². The number of carboxylic acid groups (broad SMARTS) is 2. The van der Waals surface area contributed by atoms with Gasteiger partial charge in [0.05, 0.1) is 23.2 Å². The lowest BCUT2D eigenvalue weighted by atomic mass is 10.1. The van der Waals surface area contributed by atoms with Crippen molar-refractivity contribution in [3.05, 3.63) is 71.0 Å². The van der Waals surface area contributed by atoms with E-state index < -0.39 is 11.9 Å². The Bertz CT molecular complexity index is 1700. The molecule has 0 saturated heterocycles.